The molecule has 2 aromatic rings. The van der Waals surface area contributed by atoms with Crippen molar-refractivity contribution in [1.82, 2.24) is 0 Å². The Morgan fingerprint density at radius 2 is 1.94 bits per heavy atom. The lowest BCUT2D eigenvalue weighted by molar-refractivity contribution is 0.631. The van der Waals surface area contributed by atoms with Crippen molar-refractivity contribution in [2.45, 2.75) is 0 Å². The average Bonchev–Trinajstić information content (AvgIpc) is 2.29. The van der Waals surface area contributed by atoms with E-state index in [-0.39, 0.29) is 5.82 Å². The first-order valence-electron chi connectivity index (χ1n) is 4.94. The van der Waals surface area contributed by atoms with Crippen LogP contribution in [-0.4, -0.2) is 7.05 Å². The van der Waals surface area contributed by atoms with Crippen LogP contribution in [0.1, 0.15) is 0 Å². The normalized spacial score (nSPS) is 10.2. The van der Waals surface area contributed by atoms with Gasteiger partial charge in [-0.25, -0.2) is 4.39 Å². The second-order valence-corrected chi connectivity index (χ2v) is 3.89. The number of nitrogens with one attached hydrogen (secondary N) is 1. The number of benzene rings is 2. The van der Waals surface area contributed by atoms with Gasteiger partial charge in [-0.05, 0) is 35.9 Å². The fraction of sp³-hybridized carbons (Fsp3) is 0.0769. The van der Waals surface area contributed by atoms with E-state index in [0.717, 1.165) is 11.3 Å². The molecule has 1 N–H and O–H groups in total. The number of halogens is 2. The number of hydrogen-bond donors (Lipinski definition) is 1. The van der Waals surface area contributed by atoms with Gasteiger partial charge in [0.2, 0.25) is 0 Å². The van der Waals surface area contributed by atoms with Crippen LogP contribution in [0, 0.1) is 5.82 Å². The molecule has 2 aromatic carbocycles. The predicted octanol–water partition coefficient (Wildman–Crippen LogP) is 4.19. The molecule has 82 valence electrons. The summed E-state index contributed by atoms with van der Waals surface area (Å²) < 4.78 is 13.7. The van der Waals surface area contributed by atoms with Crippen molar-refractivity contribution in [2.75, 3.05) is 12.4 Å². The van der Waals surface area contributed by atoms with Crippen molar-refractivity contribution in [2.24, 2.45) is 0 Å². The van der Waals surface area contributed by atoms with Gasteiger partial charge in [0.05, 0.1) is 0 Å². The number of hydrogen-bond acceptors (Lipinski definition) is 1. The molecule has 0 amide bonds. The Balaban J connectivity index is 2.49. The lowest BCUT2D eigenvalue weighted by Crippen LogP contribution is -1.89. The summed E-state index contributed by atoms with van der Waals surface area (Å²) in [6.45, 7) is 0. The molecular formula is C13H11ClFN. The number of rotatable bonds is 2. The molecule has 16 heavy (non-hydrogen) atoms. The summed E-state index contributed by atoms with van der Waals surface area (Å²) in [5.74, 6) is -0.305. The van der Waals surface area contributed by atoms with Gasteiger partial charge in [-0.15, -0.1) is 0 Å². The van der Waals surface area contributed by atoms with E-state index in [1.807, 2.05) is 31.3 Å². The third-order valence-corrected chi connectivity index (χ3v) is 2.63. The molecule has 0 aliphatic heterocycles. The molecule has 0 heterocycles. The van der Waals surface area contributed by atoms with E-state index in [4.69, 9.17) is 11.6 Å². The average molecular weight is 236 g/mol. The Morgan fingerprint density at radius 3 is 2.62 bits per heavy atom. The van der Waals surface area contributed by atoms with Crippen LogP contribution in [0.25, 0.3) is 11.1 Å². The van der Waals surface area contributed by atoms with Crippen LogP contribution in [0.5, 0.6) is 0 Å². The fourth-order valence-electron chi connectivity index (χ4n) is 1.57. The highest BCUT2D eigenvalue weighted by atomic mass is 35.5. The SMILES string of the molecule is CNc1cccc(-c2ccc(Cl)cc2F)c1. The highest BCUT2D eigenvalue weighted by molar-refractivity contribution is 6.30. The summed E-state index contributed by atoms with van der Waals surface area (Å²) >= 11 is 5.71. The van der Waals surface area contributed by atoms with Gasteiger partial charge in [0.15, 0.2) is 0 Å². The quantitative estimate of drug-likeness (QED) is 0.823. The van der Waals surface area contributed by atoms with Crippen LogP contribution in [-0.2, 0) is 0 Å². The van der Waals surface area contributed by atoms with E-state index in [2.05, 4.69) is 5.32 Å². The summed E-state index contributed by atoms with van der Waals surface area (Å²) in [6, 6.07) is 12.3. The fourth-order valence-corrected chi connectivity index (χ4v) is 1.72. The molecule has 0 aromatic heterocycles. The van der Waals surface area contributed by atoms with Crippen molar-refractivity contribution < 1.29 is 4.39 Å². The van der Waals surface area contributed by atoms with Gasteiger partial charge in [-0.2, -0.15) is 0 Å². The lowest BCUT2D eigenvalue weighted by atomic mass is 10.0. The van der Waals surface area contributed by atoms with Crippen molar-refractivity contribution in [3.05, 3.63) is 53.3 Å². The first-order chi connectivity index (χ1) is 7.70. The summed E-state index contributed by atoms with van der Waals surface area (Å²) in [7, 11) is 1.83. The van der Waals surface area contributed by atoms with Crippen molar-refractivity contribution in [3.8, 4) is 11.1 Å². The maximum absolute atomic E-state index is 13.7. The number of anilines is 1. The van der Waals surface area contributed by atoms with Crippen LogP contribution < -0.4 is 5.32 Å². The molecule has 0 spiro atoms. The Labute approximate surface area is 98.9 Å². The third kappa shape index (κ3) is 2.17. The molecule has 2 rings (SSSR count). The smallest absolute Gasteiger partial charge is 0.132 e. The molecule has 3 heteroatoms. The van der Waals surface area contributed by atoms with Gasteiger partial charge in [-0.3, -0.25) is 0 Å². The van der Waals surface area contributed by atoms with Crippen LogP contribution in [0.3, 0.4) is 0 Å². The van der Waals surface area contributed by atoms with Crippen molar-refractivity contribution in [3.63, 3.8) is 0 Å². The Kier molecular flexibility index (Phi) is 3.11. The molecule has 0 radical (unpaired) electrons. The predicted molar refractivity (Wildman–Crippen MR) is 66.4 cm³/mol. The topological polar surface area (TPSA) is 12.0 Å². The van der Waals surface area contributed by atoms with Gasteiger partial charge < -0.3 is 5.32 Å². The summed E-state index contributed by atoms with van der Waals surface area (Å²) in [5, 5.41) is 3.43. The zero-order valence-electron chi connectivity index (χ0n) is 8.80. The minimum absolute atomic E-state index is 0.305. The van der Waals surface area contributed by atoms with Crippen molar-refractivity contribution in [1.29, 1.82) is 0 Å². The first kappa shape index (κ1) is 11.0. The van der Waals surface area contributed by atoms with Gasteiger partial charge >= 0.3 is 0 Å². The molecule has 0 aliphatic carbocycles. The Hall–Kier alpha value is -1.54. The van der Waals surface area contributed by atoms with E-state index >= 15 is 0 Å². The molecule has 0 atom stereocenters. The van der Waals surface area contributed by atoms with Gasteiger partial charge in [0.25, 0.3) is 0 Å². The molecule has 0 fully saturated rings. The van der Waals surface area contributed by atoms with E-state index in [1.54, 1.807) is 12.1 Å². The van der Waals surface area contributed by atoms with Crippen molar-refractivity contribution >= 4 is 17.3 Å². The van der Waals surface area contributed by atoms with Crippen LogP contribution in [0.15, 0.2) is 42.5 Å². The molecule has 0 bridgehead atoms. The molecule has 0 saturated heterocycles. The van der Waals surface area contributed by atoms with Crippen LogP contribution in [0.4, 0.5) is 10.1 Å². The molecule has 0 aliphatic rings. The highest BCUT2D eigenvalue weighted by Gasteiger charge is 2.05. The minimum atomic E-state index is -0.305. The molecular weight excluding hydrogens is 225 g/mol. The largest absolute Gasteiger partial charge is 0.388 e. The van der Waals surface area contributed by atoms with E-state index in [0.29, 0.717) is 10.6 Å². The Bertz CT molecular complexity index is 511. The summed E-state index contributed by atoms with van der Waals surface area (Å²) in [4.78, 5) is 0. The van der Waals surface area contributed by atoms with E-state index < -0.39 is 0 Å². The van der Waals surface area contributed by atoms with Gasteiger partial charge in [0.1, 0.15) is 5.82 Å². The zero-order valence-corrected chi connectivity index (χ0v) is 9.55. The molecule has 1 nitrogen and oxygen atoms in total. The first-order valence-corrected chi connectivity index (χ1v) is 5.32. The van der Waals surface area contributed by atoms with Gasteiger partial charge in [-0.1, -0.05) is 23.7 Å². The van der Waals surface area contributed by atoms with Gasteiger partial charge in [0, 0.05) is 23.3 Å². The zero-order chi connectivity index (χ0) is 11.5. The van der Waals surface area contributed by atoms with E-state index in [9.17, 15) is 4.39 Å². The third-order valence-electron chi connectivity index (χ3n) is 2.39. The monoisotopic (exact) mass is 235 g/mol. The van der Waals surface area contributed by atoms with Crippen LogP contribution in [0.2, 0.25) is 5.02 Å². The second kappa shape index (κ2) is 4.54. The summed E-state index contributed by atoms with van der Waals surface area (Å²) in [6.07, 6.45) is 0. The molecule has 0 unspecified atom stereocenters. The molecule has 0 saturated carbocycles. The maximum atomic E-state index is 13.7. The second-order valence-electron chi connectivity index (χ2n) is 3.45. The summed E-state index contributed by atoms with van der Waals surface area (Å²) in [5.41, 5.74) is 2.34. The van der Waals surface area contributed by atoms with E-state index in [1.165, 1.54) is 6.07 Å². The maximum Gasteiger partial charge on any atom is 0.132 e. The highest BCUT2D eigenvalue weighted by Crippen LogP contribution is 2.27. The van der Waals surface area contributed by atoms with Crippen LogP contribution >= 0.6 is 11.6 Å². The minimum Gasteiger partial charge on any atom is -0.388 e. The lowest BCUT2D eigenvalue weighted by Gasteiger charge is -2.06. The Morgan fingerprint density at radius 1 is 1.12 bits per heavy atom. The standard InChI is InChI=1S/C13H11ClFN/c1-16-11-4-2-3-9(7-11)12-6-5-10(14)8-13(12)15/h2-8,16H,1H3.